The molecule has 1 rings (SSSR count). The van der Waals surface area contributed by atoms with Gasteiger partial charge in [-0.1, -0.05) is 0 Å². The van der Waals surface area contributed by atoms with Crippen molar-refractivity contribution < 1.29 is 18.7 Å². The van der Waals surface area contributed by atoms with Gasteiger partial charge in [0.25, 0.3) is 5.91 Å². The van der Waals surface area contributed by atoms with Gasteiger partial charge < -0.3 is 10.4 Å². The minimum absolute atomic E-state index is 0.0225. The van der Waals surface area contributed by atoms with Crippen molar-refractivity contribution in [3.63, 3.8) is 0 Å². The highest BCUT2D eigenvalue weighted by Crippen LogP contribution is 2.13. The van der Waals surface area contributed by atoms with E-state index in [2.05, 4.69) is 5.32 Å². The summed E-state index contributed by atoms with van der Waals surface area (Å²) in [6.07, 6.45) is -0.714. The van der Waals surface area contributed by atoms with Crippen LogP contribution < -0.4 is 5.32 Å². The van der Waals surface area contributed by atoms with Crippen LogP contribution in [-0.4, -0.2) is 23.7 Å². The predicted molar refractivity (Wildman–Crippen MR) is 55.1 cm³/mol. The zero-order valence-electron chi connectivity index (χ0n) is 9.05. The molecule has 1 aromatic carbocycles. The second-order valence-electron chi connectivity index (χ2n) is 3.64. The quantitative estimate of drug-likeness (QED) is 0.822. The number of rotatable bonds is 3. The van der Waals surface area contributed by atoms with E-state index in [1.54, 1.807) is 0 Å². The molecule has 1 amide bonds. The minimum Gasteiger partial charge on any atom is -0.392 e. The molecule has 0 aliphatic rings. The summed E-state index contributed by atoms with van der Waals surface area (Å²) < 4.78 is 26.2. The summed E-state index contributed by atoms with van der Waals surface area (Å²) >= 11 is 0. The number of amides is 1. The van der Waals surface area contributed by atoms with Crippen molar-refractivity contribution in [1.29, 1.82) is 0 Å². The first kappa shape index (κ1) is 12.6. The lowest BCUT2D eigenvalue weighted by Crippen LogP contribution is -2.31. The highest BCUT2D eigenvalue weighted by atomic mass is 19.1. The molecule has 0 unspecified atom stereocenters. The fourth-order valence-corrected chi connectivity index (χ4v) is 1.17. The van der Waals surface area contributed by atoms with E-state index in [1.807, 2.05) is 0 Å². The molecule has 1 aromatic rings. The van der Waals surface area contributed by atoms with Gasteiger partial charge in [0.05, 0.1) is 11.7 Å². The minimum atomic E-state index is -0.911. The zero-order valence-corrected chi connectivity index (χ0v) is 9.05. The fourth-order valence-electron chi connectivity index (χ4n) is 1.17. The lowest BCUT2D eigenvalue weighted by atomic mass is 10.1. The van der Waals surface area contributed by atoms with Crippen LogP contribution in [0.4, 0.5) is 8.78 Å². The SMILES string of the molecule is Cc1cc(C(=O)NC[C@H](C)O)c(F)cc1F. The molecule has 0 bridgehead atoms. The molecule has 0 aromatic heterocycles. The van der Waals surface area contributed by atoms with Crippen LogP contribution in [-0.2, 0) is 0 Å². The maximum absolute atomic E-state index is 13.2. The number of hydrogen-bond donors (Lipinski definition) is 2. The van der Waals surface area contributed by atoms with Gasteiger partial charge in [0.2, 0.25) is 0 Å². The summed E-state index contributed by atoms with van der Waals surface area (Å²) in [6, 6.07) is 1.81. The molecule has 0 radical (unpaired) electrons. The van der Waals surface area contributed by atoms with Crippen LogP contribution in [0.25, 0.3) is 0 Å². The van der Waals surface area contributed by atoms with E-state index in [0.717, 1.165) is 6.07 Å². The second-order valence-corrected chi connectivity index (χ2v) is 3.64. The predicted octanol–water partition coefficient (Wildman–Crippen LogP) is 1.38. The van der Waals surface area contributed by atoms with E-state index >= 15 is 0 Å². The Morgan fingerprint density at radius 2 is 2.06 bits per heavy atom. The maximum atomic E-state index is 13.2. The lowest BCUT2D eigenvalue weighted by Gasteiger charge is -2.08. The summed E-state index contributed by atoms with van der Waals surface area (Å²) in [6.45, 7) is 2.96. The van der Waals surface area contributed by atoms with Crippen LogP contribution in [0.1, 0.15) is 22.8 Å². The number of carbonyl (C=O) groups is 1. The van der Waals surface area contributed by atoms with Crippen molar-refractivity contribution in [2.24, 2.45) is 0 Å². The first-order valence-corrected chi connectivity index (χ1v) is 4.83. The molecular formula is C11H13F2NO2. The first-order chi connectivity index (χ1) is 7.41. The molecule has 1 atom stereocenters. The van der Waals surface area contributed by atoms with Gasteiger partial charge in [0.15, 0.2) is 0 Å². The molecule has 0 saturated carbocycles. The van der Waals surface area contributed by atoms with Gasteiger partial charge >= 0.3 is 0 Å². The highest BCUT2D eigenvalue weighted by molar-refractivity contribution is 5.94. The third-order valence-corrected chi connectivity index (χ3v) is 2.05. The molecule has 0 spiro atoms. The Hall–Kier alpha value is -1.49. The number of carbonyl (C=O) groups excluding carboxylic acids is 1. The third kappa shape index (κ3) is 3.00. The van der Waals surface area contributed by atoms with Crippen molar-refractivity contribution in [3.8, 4) is 0 Å². The van der Waals surface area contributed by atoms with Crippen molar-refractivity contribution >= 4 is 5.91 Å². The van der Waals surface area contributed by atoms with Gasteiger partial charge in [-0.15, -0.1) is 0 Å². The van der Waals surface area contributed by atoms with Gasteiger partial charge in [0, 0.05) is 12.6 Å². The highest BCUT2D eigenvalue weighted by Gasteiger charge is 2.14. The molecule has 0 aliphatic carbocycles. The molecular weight excluding hydrogens is 216 g/mol. The molecule has 0 fully saturated rings. The fraction of sp³-hybridized carbons (Fsp3) is 0.364. The monoisotopic (exact) mass is 229 g/mol. The van der Waals surface area contributed by atoms with E-state index in [1.165, 1.54) is 13.8 Å². The largest absolute Gasteiger partial charge is 0.392 e. The molecule has 0 aliphatic heterocycles. The Morgan fingerprint density at radius 3 is 2.62 bits per heavy atom. The Labute approximate surface area is 92.1 Å². The number of halogens is 2. The average Bonchev–Trinajstić information content (AvgIpc) is 2.20. The average molecular weight is 229 g/mol. The van der Waals surface area contributed by atoms with Gasteiger partial charge in [-0.3, -0.25) is 4.79 Å². The van der Waals surface area contributed by atoms with Gasteiger partial charge in [0.1, 0.15) is 11.6 Å². The van der Waals surface area contributed by atoms with E-state index in [0.29, 0.717) is 6.07 Å². The van der Waals surface area contributed by atoms with E-state index in [-0.39, 0.29) is 17.7 Å². The smallest absolute Gasteiger partial charge is 0.254 e. The molecule has 2 N–H and O–H groups in total. The summed E-state index contributed by atoms with van der Waals surface area (Å²) in [5.41, 5.74) is -0.0249. The van der Waals surface area contributed by atoms with E-state index in [4.69, 9.17) is 5.11 Å². The Morgan fingerprint density at radius 1 is 1.44 bits per heavy atom. The Balaban J connectivity index is 2.87. The molecule has 16 heavy (non-hydrogen) atoms. The standard InChI is InChI=1S/C11H13F2NO2/c1-6-3-8(10(13)4-9(6)12)11(16)14-5-7(2)15/h3-4,7,15H,5H2,1-2H3,(H,14,16)/t7-/m0/s1. The lowest BCUT2D eigenvalue weighted by molar-refractivity contribution is 0.0920. The number of nitrogens with one attached hydrogen (secondary N) is 1. The van der Waals surface area contributed by atoms with Gasteiger partial charge in [-0.05, 0) is 25.5 Å². The summed E-state index contributed by atoms with van der Waals surface area (Å²) in [4.78, 5) is 11.4. The zero-order chi connectivity index (χ0) is 12.3. The first-order valence-electron chi connectivity index (χ1n) is 4.83. The van der Waals surface area contributed by atoms with Crippen LogP contribution in [0.5, 0.6) is 0 Å². The van der Waals surface area contributed by atoms with Crippen LogP contribution in [0, 0.1) is 18.6 Å². The number of hydrogen-bond acceptors (Lipinski definition) is 2. The van der Waals surface area contributed by atoms with E-state index < -0.39 is 23.6 Å². The normalized spacial score (nSPS) is 12.3. The number of aryl methyl sites for hydroxylation is 1. The Kier molecular flexibility index (Phi) is 3.95. The van der Waals surface area contributed by atoms with Crippen LogP contribution >= 0.6 is 0 Å². The van der Waals surface area contributed by atoms with Crippen LogP contribution in [0.3, 0.4) is 0 Å². The van der Waals surface area contributed by atoms with Crippen LogP contribution in [0.2, 0.25) is 0 Å². The van der Waals surface area contributed by atoms with Gasteiger partial charge in [-0.25, -0.2) is 8.78 Å². The van der Waals surface area contributed by atoms with Crippen LogP contribution in [0.15, 0.2) is 12.1 Å². The maximum Gasteiger partial charge on any atom is 0.254 e. The van der Waals surface area contributed by atoms with Crippen molar-refractivity contribution in [2.45, 2.75) is 20.0 Å². The summed E-state index contributed by atoms with van der Waals surface area (Å²) in [5, 5.41) is 11.3. The molecule has 88 valence electrons. The number of aliphatic hydroxyl groups is 1. The molecule has 0 heterocycles. The van der Waals surface area contributed by atoms with Crippen molar-refractivity contribution in [2.75, 3.05) is 6.54 Å². The van der Waals surface area contributed by atoms with E-state index in [9.17, 15) is 13.6 Å². The van der Waals surface area contributed by atoms with Crippen molar-refractivity contribution in [1.82, 2.24) is 5.32 Å². The molecule has 3 nitrogen and oxygen atoms in total. The molecule has 5 heteroatoms. The second kappa shape index (κ2) is 5.03. The van der Waals surface area contributed by atoms with Crippen molar-refractivity contribution in [3.05, 3.63) is 34.9 Å². The van der Waals surface area contributed by atoms with Gasteiger partial charge in [-0.2, -0.15) is 0 Å². The number of benzene rings is 1. The summed E-state index contributed by atoms with van der Waals surface area (Å²) in [5.74, 6) is -2.27. The third-order valence-electron chi connectivity index (χ3n) is 2.05. The topological polar surface area (TPSA) is 49.3 Å². The number of aliphatic hydroxyl groups excluding tert-OH is 1. The summed E-state index contributed by atoms with van der Waals surface area (Å²) in [7, 11) is 0. The Bertz CT molecular complexity index is 405. The molecule has 0 saturated heterocycles.